The maximum absolute atomic E-state index is 11.5. The topological polar surface area (TPSA) is 84.5 Å². The highest BCUT2D eigenvalue weighted by Gasteiger charge is 2.23. The zero-order chi connectivity index (χ0) is 12.9. The van der Waals surface area contributed by atoms with Gasteiger partial charge >= 0.3 is 0 Å². The lowest BCUT2D eigenvalue weighted by Crippen LogP contribution is -2.41. The highest BCUT2D eigenvalue weighted by atomic mass is 32.2. The predicted molar refractivity (Wildman–Crippen MR) is 64.0 cm³/mol. The van der Waals surface area contributed by atoms with Gasteiger partial charge in [0.2, 0.25) is 15.9 Å². The zero-order valence-electron chi connectivity index (χ0n) is 10.2. The van der Waals surface area contributed by atoms with Crippen LogP contribution < -0.4 is 10.0 Å². The van der Waals surface area contributed by atoms with Crippen molar-refractivity contribution in [3.63, 3.8) is 0 Å². The first-order valence-corrected chi connectivity index (χ1v) is 7.63. The van der Waals surface area contributed by atoms with Crippen molar-refractivity contribution in [3.8, 4) is 0 Å². The lowest BCUT2D eigenvalue weighted by Gasteiger charge is -2.19. The molecule has 1 fully saturated rings. The highest BCUT2D eigenvalue weighted by molar-refractivity contribution is 7.88. The molecular weight excluding hydrogens is 244 g/mol. The van der Waals surface area contributed by atoms with Crippen LogP contribution >= 0.6 is 0 Å². The molecule has 1 saturated heterocycles. The van der Waals surface area contributed by atoms with E-state index in [1.165, 1.54) is 0 Å². The SMILES string of the molecule is C[C@H](NC(=O)CCNS(C)(=O)=O)[C@H]1CCCO1. The lowest BCUT2D eigenvalue weighted by atomic mass is 10.1. The average Bonchev–Trinajstić information content (AvgIpc) is 2.67. The van der Waals surface area contributed by atoms with Gasteiger partial charge in [-0.1, -0.05) is 0 Å². The van der Waals surface area contributed by atoms with Gasteiger partial charge in [0.05, 0.1) is 18.4 Å². The minimum atomic E-state index is -3.22. The second kappa shape index (κ2) is 6.32. The number of hydrogen-bond donors (Lipinski definition) is 2. The summed E-state index contributed by atoms with van der Waals surface area (Å²) in [5.74, 6) is -0.163. The third-order valence-corrected chi connectivity index (χ3v) is 3.36. The molecule has 0 unspecified atom stereocenters. The Bertz CT molecular complexity index is 349. The van der Waals surface area contributed by atoms with Crippen LogP contribution in [0, 0.1) is 0 Å². The number of carbonyl (C=O) groups is 1. The maximum Gasteiger partial charge on any atom is 0.221 e. The fourth-order valence-corrected chi connectivity index (χ4v) is 2.24. The number of nitrogens with one attached hydrogen (secondary N) is 2. The number of carbonyl (C=O) groups excluding carboxylic acids is 1. The van der Waals surface area contributed by atoms with E-state index in [1.54, 1.807) is 0 Å². The zero-order valence-corrected chi connectivity index (χ0v) is 11.0. The van der Waals surface area contributed by atoms with Gasteiger partial charge in [-0.25, -0.2) is 13.1 Å². The Kier molecular flexibility index (Phi) is 5.35. The van der Waals surface area contributed by atoms with Crippen LogP contribution in [0.3, 0.4) is 0 Å². The number of hydrogen-bond acceptors (Lipinski definition) is 4. The van der Waals surface area contributed by atoms with Crippen LogP contribution in [-0.4, -0.2) is 45.9 Å². The normalized spacial score (nSPS) is 22.4. The Labute approximate surface area is 102 Å². The minimum Gasteiger partial charge on any atom is -0.376 e. The van der Waals surface area contributed by atoms with Gasteiger partial charge in [0.15, 0.2) is 0 Å². The van der Waals surface area contributed by atoms with E-state index in [0.29, 0.717) is 0 Å². The summed E-state index contributed by atoms with van der Waals surface area (Å²) < 4.78 is 29.3. The van der Waals surface area contributed by atoms with E-state index in [-0.39, 0.29) is 31.0 Å². The van der Waals surface area contributed by atoms with Crippen LogP contribution in [0.4, 0.5) is 0 Å². The fraction of sp³-hybridized carbons (Fsp3) is 0.900. The molecule has 0 bridgehead atoms. The minimum absolute atomic E-state index is 0.0248. The third-order valence-electron chi connectivity index (χ3n) is 2.63. The second-order valence-corrected chi connectivity index (χ2v) is 6.16. The van der Waals surface area contributed by atoms with Gasteiger partial charge in [-0.05, 0) is 19.8 Å². The number of sulfonamides is 1. The summed E-state index contributed by atoms with van der Waals surface area (Å²) in [7, 11) is -3.22. The standard InChI is InChI=1S/C10H20N2O4S/c1-8(9-4-3-7-16-9)12-10(13)5-6-11-17(2,14)15/h8-9,11H,3-7H2,1-2H3,(H,12,13)/t8-,9+/m0/s1. The monoisotopic (exact) mass is 264 g/mol. The molecule has 0 aromatic rings. The molecular formula is C10H20N2O4S. The first-order chi connectivity index (χ1) is 7.88. The first kappa shape index (κ1) is 14.4. The van der Waals surface area contributed by atoms with Gasteiger partial charge in [-0.2, -0.15) is 0 Å². The van der Waals surface area contributed by atoms with E-state index < -0.39 is 10.0 Å². The molecule has 17 heavy (non-hydrogen) atoms. The van der Waals surface area contributed by atoms with Crippen molar-refractivity contribution in [1.29, 1.82) is 0 Å². The molecule has 0 saturated carbocycles. The van der Waals surface area contributed by atoms with Crippen molar-refractivity contribution in [1.82, 2.24) is 10.0 Å². The molecule has 0 aromatic heterocycles. The third kappa shape index (κ3) is 5.99. The molecule has 1 amide bonds. The first-order valence-electron chi connectivity index (χ1n) is 5.74. The molecule has 1 aliphatic heterocycles. The largest absolute Gasteiger partial charge is 0.376 e. The molecule has 0 aliphatic carbocycles. The van der Waals surface area contributed by atoms with Gasteiger partial charge in [-0.3, -0.25) is 4.79 Å². The molecule has 0 spiro atoms. The van der Waals surface area contributed by atoms with E-state index in [9.17, 15) is 13.2 Å². The summed E-state index contributed by atoms with van der Waals surface area (Å²) in [6.07, 6.45) is 3.29. The van der Waals surface area contributed by atoms with Crippen molar-refractivity contribution in [2.75, 3.05) is 19.4 Å². The van der Waals surface area contributed by atoms with Crippen LogP contribution in [0.2, 0.25) is 0 Å². The predicted octanol–water partition coefficient (Wildman–Crippen LogP) is -0.391. The maximum atomic E-state index is 11.5. The Morgan fingerprint density at radius 1 is 1.53 bits per heavy atom. The smallest absolute Gasteiger partial charge is 0.221 e. The quantitative estimate of drug-likeness (QED) is 0.684. The highest BCUT2D eigenvalue weighted by Crippen LogP contribution is 2.15. The molecule has 7 heteroatoms. The van der Waals surface area contributed by atoms with Crippen molar-refractivity contribution in [2.24, 2.45) is 0 Å². The van der Waals surface area contributed by atoms with Gasteiger partial charge in [-0.15, -0.1) is 0 Å². The summed E-state index contributed by atoms with van der Waals surface area (Å²) >= 11 is 0. The molecule has 1 aliphatic rings. The van der Waals surface area contributed by atoms with Crippen molar-refractivity contribution in [2.45, 2.75) is 38.3 Å². The Balaban J connectivity index is 2.20. The van der Waals surface area contributed by atoms with Crippen LogP contribution in [0.5, 0.6) is 0 Å². The van der Waals surface area contributed by atoms with Crippen LogP contribution in [-0.2, 0) is 19.6 Å². The molecule has 2 N–H and O–H groups in total. The summed E-state index contributed by atoms with van der Waals surface area (Å²) in [4.78, 5) is 11.5. The van der Waals surface area contributed by atoms with Gasteiger partial charge in [0.25, 0.3) is 0 Å². The van der Waals surface area contributed by atoms with E-state index in [2.05, 4.69) is 10.0 Å². The van der Waals surface area contributed by atoms with Crippen LogP contribution in [0.25, 0.3) is 0 Å². The van der Waals surface area contributed by atoms with Crippen LogP contribution in [0.15, 0.2) is 0 Å². The van der Waals surface area contributed by atoms with E-state index in [1.807, 2.05) is 6.92 Å². The molecule has 100 valence electrons. The molecule has 1 heterocycles. The van der Waals surface area contributed by atoms with E-state index in [0.717, 1.165) is 25.7 Å². The van der Waals surface area contributed by atoms with Gasteiger partial charge < -0.3 is 10.1 Å². The lowest BCUT2D eigenvalue weighted by molar-refractivity contribution is -0.122. The van der Waals surface area contributed by atoms with Gasteiger partial charge in [0.1, 0.15) is 0 Å². The van der Waals surface area contributed by atoms with E-state index >= 15 is 0 Å². The van der Waals surface area contributed by atoms with E-state index in [4.69, 9.17) is 4.74 Å². The van der Waals surface area contributed by atoms with Crippen molar-refractivity contribution < 1.29 is 17.9 Å². The summed E-state index contributed by atoms with van der Waals surface area (Å²) in [6.45, 7) is 2.78. The number of ether oxygens (including phenoxy) is 1. The van der Waals surface area contributed by atoms with Crippen molar-refractivity contribution >= 4 is 15.9 Å². The molecule has 0 radical (unpaired) electrons. The Hall–Kier alpha value is -0.660. The molecule has 1 rings (SSSR count). The average molecular weight is 264 g/mol. The van der Waals surface area contributed by atoms with Crippen molar-refractivity contribution in [3.05, 3.63) is 0 Å². The fourth-order valence-electron chi connectivity index (χ4n) is 1.77. The second-order valence-electron chi connectivity index (χ2n) is 4.32. The number of rotatable bonds is 6. The van der Waals surface area contributed by atoms with Gasteiger partial charge in [0, 0.05) is 19.6 Å². The summed E-state index contributed by atoms with van der Waals surface area (Å²) in [5, 5.41) is 2.81. The van der Waals surface area contributed by atoms with Crippen LogP contribution in [0.1, 0.15) is 26.2 Å². The molecule has 0 aromatic carbocycles. The Morgan fingerprint density at radius 3 is 2.76 bits per heavy atom. The summed E-state index contributed by atoms with van der Waals surface area (Å²) in [5.41, 5.74) is 0. The molecule has 6 nitrogen and oxygen atoms in total. The Morgan fingerprint density at radius 2 is 2.24 bits per heavy atom. The number of amides is 1. The molecule has 2 atom stereocenters. The summed E-state index contributed by atoms with van der Waals surface area (Å²) in [6, 6.07) is -0.0248.